The molecule has 0 radical (unpaired) electrons. The summed E-state index contributed by atoms with van der Waals surface area (Å²) in [5.41, 5.74) is 0.0751. The lowest BCUT2D eigenvalue weighted by atomic mass is 9.90. The quantitative estimate of drug-likeness (QED) is 0.382. The topological polar surface area (TPSA) is 140 Å². The van der Waals surface area contributed by atoms with Gasteiger partial charge in [-0.3, -0.25) is 4.79 Å². The van der Waals surface area contributed by atoms with Gasteiger partial charge in [-0.15, -0.1) is 0 Å². The fraction of sp³-hybridized carbons (Fsp3) is 0.400. The predicted octanol–water partition coefficient (Wildman–Crippen LogP) is 4.23. The van der Waals surface area contributed by atoms with E-state index < -0.39 is 55.2 Å². The molecule has 3 aromatic rings. The predicted molar refractivity (Wildman–Crippen MR) is 135 cm³/mol. The summed E-state index contributed by atoms with van der Waals surface area (Å²) in [4.78, 5) is 34.0. The van der Waals surface area contributed by atoms with E-state index in [1.54, 1.807) is 0 Å². The Morgan fingerprint density at radius 3 is 2.67 bits per heavy atom. The van der Waals surface area contributed by atoms with Crippen molar-refractivity contribution in [1.29, 1.82) is 0 Å². The van der Waals surface area contributed by atoms with Gasteiger partial charge in [-0.05, 0) is 40.9 Å². The first-order valence-electron chi connectivity index (χ1n) is 12.6. The summed E-state index contributed by atoms with van der Waals surface area (Å²) < 4.78 is 78.6. The highest BCUT2D eigenvalue weighted by atomic mass is 19.4. The Hall–Kier alpha value is -4.54. The van der Waals surface area contributed by atoms with Crippen LogP contribution in [0.2, 0.25) is 0 Å². The number of aromatic nitrogens is 5. The van der Waals surface area contributed by atoms with Crippen LogP contribution in [0.25, 0.3) is 17.4 Å². The minimum Gasteiger partial charge on any atom is -0.382 e. The molecule has 3 aromatic heterocycles. The molecule has 1 fully saturated rings. The van der Waals surface area contributed by atoms with E-state index in [0.29, 0.717) is 11.1 Å². The van der Waals surface area contributed by atoms with Crippen LogP contribution in [-0.2, 0) is 4.74 Å². The van der Waals surface area contributed by atoms with E-state index >= 15 is 0 Å². The third-order valence-electron chi connectivity index (χ3n) is 6.91. The van der Waals surface area contributed by atoms with E-state index in [0.717, 1.165) is 4.90 Å². The number of nitrogens with one attached hydrogen (secondary N) is 1. The number of alkyl halides is 5. The molecular weight excluding hydrogens is 571 g/mol. The Morgan fingerprint density at radius 2 is 2.02 bits per heavy atom. The van der Waals surface area contributed by atoms with Crippen LogP contribution in [0, 0.1) is 0 Å². The van der Waals surface area contributed by atoms with Gasteiger partial charge in [-0.2, -0.15) is 23.3 Å². The van der Waals surface area contributed by atoms with Gasteiger partial charge in [-0.25, -0.2) is 27.7 Å². The van der Waals surface area contributed by atoms with Crippen molar-refractivity contribution in [3.05, 3.63) is 53.3 Å². The summed E-state index contributed by atoms with van der Waals surface area (Å²) in [6.07, 6.45) is -1.60. The summed E-state index contributed by atoms with van der Waals surface area (Å²) in [6, 6.07) is -0.549. The monoisotopic (exact) mass is 594 g/mol. The maximum atomic E-state index is 13.9. The molecule has 42 heavy (non-hydrogen) atoms. The lowest BCUT2D eigenvalue weighted by molar-refractivity contribution is -0.0603. The fourth-order valence-corrected chi connectivity index (χ4v) is 4.72. The summed E-state index contributed by atoms with van der Waals surface area (Å²) >= 11 is 0. The molecule has 0 bridgehead atoms. The maximum absolute atomic E-state index is 13.9. The lowest BCUT2D eigenvalue weighted by Crippen LogP contribution is -2.36. The van der Waals surface area contributed by atoms with Crippen LogP contribution in [0.3, 0.4) is 0 Å². The van der Waals surface area contributed by atoms with E-state index in [4.69, 9.17) is 4.74 Å². The summed E-state index contributed by atoms with van der Waals surface area (Å²) in [5.74, 6) is -3.58. The minimum atomic E-state index is -4.77. The van der Waals surface area contributed by atoms with Crippen LogP contribution < -0.4 is 5.32 Å². The molecular formula is C25H23F5N8O4. The van der Waals surface area contributed by atoms with E-state index in [-0.39, 0.29) is 47.9 Å². The zero-order valence-electron chi connectivity index (χ0n) is 22.0. The van der Waals surface area contributed by atoms with Gasteiger partial charge in [-0.1, -0.05) is 6.58 Å². The Morgan fingerprint density at radius 1 is 1.29 bits per heavy atom. The minimum absolute atomic E-state index is 0.0188. The molecule has 2 aliphatic rings. The van der Waals surface area contributed by atoms with Crippen LogP contribution in [0.5, 0.6) is 0 Å². The molecule has 1 atom stereocenters. The van der Waals surface area contributed by atoms with E-state index in [1.807, 2.05) is 0 Å². The van der Waals surface area contributed by atoms with E-state index in [9.17, 15) is 31.5 Å². The van der Waals surface area contributed by atoms with Gasteiger partial charge in [0.2, 0.25) is 5.92 Å². The fourth-order valence-electron chi connectivity index (χ4n) is 4.72. The van der Waals surface area contributed by atoms with Gasteiger partial charge in [0.1, 0.15) is 17.1 Å². The molecule has 1 saturated carbocycles. The highest BCUT2D eigenvalue weighted by Crippen LogP contribution is 2.38. The average Bonchev–Trinajstić information content (AvgIpc) is 3.68. The van der Waals surface area contributed by atoms with Crippen molar-refractivity contribution >= 4 is 35.1 Å². The van der Waals surface area contributed by atoms with Crippen molar-refractivity contribution in [3.8, 4) is 0 Å². The molecule has 1 N–H and O–H groups in total. The van der Waals surface area contributed by atoms with Crippen LogP contribution >= 0.6 is 0 Å². The molecule has 0 saturated heterocycles. The number of hydrogen-bond acceptors (Lipinski definition) is 8. The first kappa shape index (κ1) is 29.0. The standard InChI is InChI=1S/C25H23F5N8O4/c1-3-15-21(36-42-35-15)22(39)34-20(13-4-6-24(26,27)7-5-13)16-10-38-19(32-16)8-14(9-31-38)17(12-41-2)37-11-18(25(28,29)30)33-23(37)40/h3,8-10,17H,1,4-7,11-12H2,2H3,(H,34,39)/t17-/m1/s1. The second-order valence-electron chi connectivity index (χ2n) is 9.65. The van der Waals surface area contributed by atoms with Crippen LogP contribution in [0.4, 0.5) is 26.7 Å². The Labute approximate surface area is 233 Å². The van der Waals surface area contributed by atoms with Crippen molar-refractivity contribution < 1.29 is 40.9 Å². The highest BCUT2D eigenvalue weighted by molar-refractivity contribution is 6.05. The highest BCUT2D eigenvalue weighted by Gasteiger charge is 2.44. The van der Waals surface area contributed by atoms with Crippen LogP contribution in [0.1, 0.15) is 59.2 Å². The van der Waals surface area contributed by atoms with Crippen molar-refractivity contribution in [2.24, 2.45) is 4.99 Å². The number of ether oxygens (including phenoxy) is 1. The second kappa shape index (κ2) is 11.0. The van der Waals surface area contributed by atoms with E-state index in [1.165, 1.54) is 36.2 Å². The Kier molecular flexibility index (Phi) is 7.61. The summed E-state index contributed by atoms with van der Waals surface area (Å²) in [5, 5.41) is 14.1. The maximum Gasteiger partial charge on any atom is 0.431 e. The summed E-state index contributed by atoms with van der Waals surface area (Å²) in [7, 11) is 1.33. The van der Waals surface area contributed by atoms with Crippen molar-refractivity contribution in [3.63, 3.8) is 0 Å². The average molecular weight is 595 g/mol. The smallest absolute Gasteiger partial charge is 0.382 e. The number of hydrogen-bond donors (Lipinski definition) is 1. The Balaban J connectivity index is 1.50. The largest absolute Gasteiger partial charge is 0.431 e. The normalized spacial score (nSPS) is 17.9. The molecule has 0 spiro atoms. The number of amides is 3. The van der Waals surface area contributed by atoms with Crippen LogP contribution in [0.15, 0.2) is 40.2 Å². The van der Waals surface area contributed by atoms with Gasteiger partial charge in [0, 0.05) is 25.5 Å². The molecule has 1 aliphatic carbocycles. The van der Waals surface area contributed by atoms with Crippen molar-refractivity contribution in [1.82, 2.24) is 35.1 Å². The summed E-state index contributed by atoms with van der Waals surface area (Å²) in [6.45, 7) is 2.62. The van der Waals surface area contributed by atoms with E-state index in [2.05, 4.69) is 41.9 Å². The molecule has 1 aliphatic heterocycles. The van der Waals surface area contributed by atoms with Crippen LogP contribution in [-0.4, -0.2) is 79.8 Å². The zero-order valence-corrected chi connectivity index (χ0v) is 22.0. The van der Waals surface area contributed by atoms with Gasteiger partial charge in [0.15, 0.2) is 11.3 Å². The molecule has 17 heteroatoms. The third-order valence-corrected chi connectivity index (χ3v) is 6.91. The number of allylic oxidation sites excluding steroid dienone is 1. The molecule has 5 rings (SSSR count). The molecule has 4 heterocycles. The van der Waals surface area contributed by atoms with Gasteiger partial charge in [0.05, 0.1) is 37.3 Å². The molecule has 222 valence electrons. The number of nitrogens with zero attached hydrogens (tertiary/aromatic N) is 7. The number of aliphatic imine (C=N–C) groups is 1. The lowest BCUT2D eigenvalue weighted by Gasteiger charge is -2.26. The molecule has 0 aromatic carbocycles. The van der Waals surface area contributed by atoms with Crippen molar-refractivity contribution in [2.75, 3.05) is 20.3 Å². The van der Waals surface area contributed by atoms with Gasteiger partial charge in [0.25, 0.3) is 5.91 Å². The molecule has 3 amide bonds. The number of fused-ring (bicyclic) bond motifs is 1. The first-order valence-corrected chi connectivity index (χ1v) is 12.6. The number of carbonyl (C=O) groups is 2. The number of imidazole rings is 1. The molecule has 12 nitrogen and oxygen atoms in total. The number of rotatable bonds is 8. The number of halogens is 5. The first-order chi connectivity index (χ1) is 19.9. The van der Waals surface area contributed by atoms with Gasteiger partial charge >= 0.3 is 12.2 Å². The third kappa shape index (κ3) is 5.77. The van der Waals surface area contributed by atoms with Gasteiger partial charge < -0.3 is 15.0 Å². The second-order valence-corrected chi connectivity index (χ2v) is 9.65. The van der Waals surface area contributed by atoms with Crippen molar-refractivity contribution in [2.45, 2.75) is 43.8 Å². The SMILES string of the molecule is C=Cc1nonc1C(=O)NC(=C1CCC(F)(F)CC1)c1cn2ncc([C@@H](COC)N3CC(C(F)(F)F)=NC3=O)cc2n1. The number of carbonyl (C=O) groups excluding carboxylic acids is 2. The Bertz CT molecular complexity index is 1600. The number of methoxy groups -OCH3 is 1. The number of urea groups is 1. The molecule has 0 unspecified atom stereocenters. The zero-order chi connectivity index (χ0) is 30.2.